The van der Waals surface area contributed by atoms with Crippen molar-refractivity contribution in [1.82, 2.24) is 4.98 Å². The molecule has 3 aromatic carbocycles. The Labute approximate surface area is 187 Å². The van der Waals surface area contributed by atoms with Gasteiger partial charge in [0.2, 0.25) is 0 Å². The van der Waals surface area contributed by atoms with Crippen molar-refractivity contribution in [2.75, 3.05) is 11.4 Å². The van der Waals surface area contributed by atoms with Crippen molar-refractivity contribution in [3.8, 4) is 5.75 Å². The van der Waals surface area contributed by atoms with Crippen molar-refractivity contribution >= 4 is 26.6 Å². The van der Waals surface area contributed by atoms with E-state index in [1.807, 2.05) is 26.0 Å². The SMILES string of the molecule is COc1ccc2[nH]c(=O)c(CN(c3ccc(C)cc3)S(=O)(=O)c3ccc(C)cc3)cc2c1. The van der Waals surface area contributed by atoms with Crippen LogP contribution in [-0.4, -0.2) is 20.5 Å². The molecule has 1 aromatic heterocycles. The number of methoxy groups -OCH3 is 1. The molecule has 32 heavy (non-hydrogen) atoms. The summed E-state index contributed by atoms with van der Waals surface area (Å²) >= 11 is 0. The zero-order chi connectivity index (χ0) is 22.9. The van der Waals surface area contributed by atoms with Crippen LogP contribution in [-0.2, 0) is 16.6 Å². The fourth-order valence-corrected chi connectivity index (χ4v) is 4.94. The van der Waals surface area contributed by atoms with Gasteiger partial charge in [-0.05, 0) is 62.4 Å². The minimum Gasteiger partial charge on any atom is -0.497 e. The van der Waals surface area contributed by atoms with Crippen molar-refractivity contribution in [1.29, 1.82) is 0 Å². The molecule has 0 aliphatic carbocycles. The monoisotopic (exact) mass is 448 g/mol. The maximum absolute atomic E-state index is 13.6. The molecule has 0 aliphatic heterocycles. The molecule has 164 valence electrons. The third-order valence-electron chi connectivity index (χ3n) is 5.37. The van der Waals surface area contributed by atoms with Crippen molar-refractivity contribution in [3.63, 3.8) is 0 Å². The number of fused-ring (bicyclic) bond motifs is 1. The number of anilines is 1. The zero-order valence-electron chi connectivity index (χ0n) is 18.1. The van der Waals surface area contributed by atoms with E-state index < -0.39 is 10.0 Å². The van der Waals surface area contributed by atoms with Gasteiger partial charge >= 0.3 is 0 Å². The number of hydrogen-bond acceptors (Lipinski definition) is 4. The van der Waals surface area contributed by atoms with Gasteiger partial charge in [-0.2, -0.15) is 0 Å². The second-order valence-electron chi connectivity index (χ2n) is 7.74. The average molecular weight is 449 g/mol. The second-order valence-corrected chi connectivity index (χ2v) is 9.60. The molecule has 7 heteroatoms. The van der Waals surface area contributed by atoms with Crippen molar-refractivity contribution in [2.45, 2.75) is 25.3 Å². The Bertz CT molecular complexity index is 1420. The third-order valence-corrected chi connectivity index (χ3v) is 7.16. The van der Waals surface area contributed by atoms with Crippen LogP contribution in [0, 0.1) is 13.8 Å². The molecule has 0 saturated heterocycles. The molecule has 0 bridgehead atoms. The van der Waals surface area contributed by atoms with Crippen molar-refractivity contribution in [2.24, 2.45) is 0 Å². The number of H-pyrrole nitrogens is 1. The number of nitrogens with one attached hydrogen (secondary N) is 1. The van der Waals surface area contributed by atoms with Crippen LogP contribution in [0.1, 0.15) is 16.7 Å². The van der Waals surface area contributed by atoms with E-state index in [9.17, 15) is 13.2 Å². The molecule has 0 amide bonds. The number of ether oxygens (including phenoxy) is 1. The van der Waals surface area contributed by atoms with Gasteiger partial charge in [0, 0.05) is 16.5 Å². The van der Waals surface area contributed by atoms with Crippen LogP contribution in [0.4, 0.5) is 5.69 Å². The maximum Gasteiger partial charge on any atom is 0.264 e. The summed E-state index contributed by atoms with van der Waals surface area (Å²) in [7, 11) is -2.34. The van der Waals surface area contributed by atoms with E-state index in [0.717, 1.165) is 16.5 Å². The summed E-state index contributed by atoms with van der Waals surface area (Å²) < 4.78 is 33.8. The lowest BCUT2D eigenvalue weighted by Crippen LogP contribution is -2.33. The third kappa shape index (κ3) is 4.24. The number of pyridine rings is 1. The Morgan fingerprint density at radius 1 is 0.875 bits per heavy atom. The topological polar surface area (TPSA) is 79.5 Å². The number of aryl methyl sites for hydroxylation is 2. The van der Waals surface area contributed by atoms with Crippen LogP contribution in [0.25, 0.3) is 10.9 Å². The van der Waals surface area contributed by atoms with Crippen molar-refractivity contribution in [3.05, 3.63) is 99.8 Å². The van der Waals surface area contributed by atoms with Gasteiger partial charge < -0.3 is 9.72 Å². The summed E-state index contributed by atoms with van der Waals surface area (Å²) in [6.45, 7) is 3.73. The fraction of sp³-hybridized carbons (Fsp3) is 0.160. The first-order chi connectivity index (χ1) is 15.3. The highest BCUT2D eigenvalue weighted by molar-refractivity contribution is 7.92. The van der Waals surface area contributed by atoms with Gasteiger partial charge in [0.15, 0.2) is 0 Å². The molecular weight excluding hydrogens is 424 g/mol. The predicted molar refractivity (Wildman–Crippen MR) is 127 cm³/mol. The number of nitrogens with zero attached hydrogens (tertiary/aromatic N) is 1. The second kappa shape index (κ2) is 8.51. The van der Waals surface area contributed by atoms with Crippen molar-refractivity contribution < 1.29 is 13.2 Å². The average Bonchev–Trinajstić information content (AvgIpc) is 2.78. The maximum atomic E-state index is 13.6. The van der Waals surface area contributed by atoms with E-state index in [1.54, 1.807) is 67.8 Å². The molecule has 0 radical (unpaired) electrons. The Morgan fingerprint density at radius 3 is 2.12 bits per heavy atom. The quantitative estimate of drug-likeness (QED) is 0.469. The van der Waals surface area contributed by atoms with Gasteiger partial charge in [0.1, 0.15) is 5.75 Å². The molecule has 0 saturated carbocycles. The minimum absolute atomic E-state index is 0.109. The standard InChI is InChI=1S/C25H24N2O4S/c1-17-4-8-21(9-5-17)27(32(29,30)23-11-6-18(2)7-12-23)16-20-14-19-15-22(31-3)10-13-24(19)26-25(20)28/h4-15H,16H2,1-3H3,(H,26,28). The molecule has 4 rings (SSSR count). The number of rotatable bonds is 6. The molecule has 1 heterocycles. The summed E-state index contributed by atoms with van der Waals surface area (Å²) in [4.78, 5) is 15.8. The molecule has 6 nitrogen and oxygen atoms in total. The van der Waals surface area contributed by atoms with E-state index in [-0.39, 0.29) is 17.0 Å². The number of benzene rings is 3. The Morgan fingerprint density at radius 2 is 1.50 bits per heavy atom. The molecule has 0 unspecified atom stereocenters. The summed E-state index contributed by atoms with van der Waals surface area (Å²) in [5, 5.41) is 0.760. The fourth-order valence-electron chi connectivity index (χ4n) is 3.49. The predicted octanol–water partition coefficient (Wildman–Crippen LogP) is 4.55. The smallest absolute Gasteiger partial charge is 0.264 e. The highest BCUT2D eigenvalue weighted by atomic mass is 32.2. The first kappa shape index (κ1) is 21.6. The Hall–Kier alpha value is -3.58. The number of sulfonamides is 1. The van der Waals surface area contributed by atoms with E-state index in [2.05, 4.69) is 4.98 Å². The lowest BCUT2D eigenvalue weighted by atomic mass is 10.1. The van der Waals surface area contributed by atoms with Gasteiger partial charge in [0.05, 0.1) is 24.2 Å². The van der Waals surface area contributed by atoms with E-state index >= 15 is 0 Å². The van der Waals surface area contributed by atoms with E-state index in [4.69, 9.17) is 4.74 Å². The molecule has 1 N–H and O–H groups in total. The van der Waals surface area contributed by atoms with E-state index in [0.29, 0.717) is 22.5 Å². The highest BCUT2D eigenvalue weighted by Crippen LogP contribution is 2.27. The summed E-state index contributed by atoms with van der Waals surface area (Å²) in [5.74, 6) is 0.651. The number of aromatic amines is 1. The first-order valence-corrected chi connectivity index (χ1v) is 11.6. The molecule has 0 spiro atoms. The lowest BCUT2D eigenvalue weighted by molar-refractivity contribution is 0.415. The number of hydrogen-bond donors (Lipinski definition) is 1. The van der Waals surface area contributed by atoms with Gasteiger partial charge in [-0.3, -0.25) is 9.10 Å². The van der Waals surface area contributed by atoms with E-state index in [1.165, 1.54) is 4.31 Å². The molecule has 0 aliphatic rings. The van der Waals surface area contributed by atoms with Gasteiger partial charge in [-0.15, -0.1) is 0 Å². The van der Waals surface area contributed by atoms with Crippen LogP contribution in [0.3, 0.4) is 0 Å². The molecule has 4 aromatic rings. The first-order valence-electron chi connectivity index (χ1n) is 10.1. The lowest BCUT2D eigenvalue weighted by Gasteiger charge is -2.25. The Kier molecular flexibility index (Phi) is 5.76. The molecule has 0 atom stereocenters. The number of aromatic nitrogens is 1. The summed E-state index contributed by atoms with van der Waals surface area (Å²) in [6, 6.07) is 20.9. The van der Waals surface area contributed by atoms with Crippen LogP contribution < -0.4 is 14.6 Å². The highest BCUT2D eigenvalue weighted by Gasteiger charge is 2.26. The van der Waals surface area contributed by atoms with Gasteiger partial charge in [-0.1, -0.05) is 35.4 Å². The zero-order valence-corrected chi connectivity index (χ0v) is 18.9. The Balaban J connectivity index is 1.84. The molecular formula is C25H24N2O4S. The normalized spacial score (nSPS) is 11.5. The van der Waals surface area contributed by atoms with Crippen LogP contribution >= 0.6 is 0 Å². The minimum atomic E-state index is -3.91. The summed E-state index contributed by atoms with van der Waals surface area (Å²) in [5.41, 5.74) is 3.12. The molecule has 0 fully saturated rings. The van der Waals surface area contributed by atoms with Crippen LogP contribution in [0.5, 0.6) is 5.75 Å². The van der Waals surface area contributed by atoms with Crippen LogP contribution in [0.2, 0.25) is 0 Å². The van der Waals surface area contributed by atoms with Gasteiger partial charge in [-0.25, -0.2) is 8.42 Å². The van der Waals surface area contributed by atoms with Gasteiger partial charge in [0.25, 0.3) is 15.6 Å². The largest absolute Gasteiger partial charge is 0.497 e. The summed E-state index contributed by atoms with van der Waals surface area (Å²) in [6.07, 6.45) is 0. The van der Waals surface area contributed by atoms with Crippen LogP contribution in [0.15, 0.2) is 82.5 Å².